The van der Waals surface area contributed by atoms with Crippen molar-refractivity contribution in [2.24, 2.45) is 23.7 Å². The van der Waals surface area contributed by atoms with Crippen molar-refractivity contribution in [1.29, 1.82) is 0 Å². The van der Waals surface area contributed by atoms with Crippen molar-refractivity contribution < 1.29 is 0 Å². The lowest BCUT2D eigenvalue weighted by Gasteiger charge is -2.36. The molecule has 3 fully saturated rings. The van der Waals surface area contributed by atoms with Gasteiger partial charge in [-0.25, -0.2) is 0 Å². The summed E-state index contributed by atoms with van der Waals surface area (Å²) in [5.74, 6) is 5.13. The second-order valence-corrected chi connectivity index (χ2v) is 7.77. The number of rotatable bonds is 3. The van der Waals surface area contributed by atoms with Crippen LogP contribution in [0.25, 0.3) is 0 Å². The lowest BCUT2D eigenvalue weighted by Crippen LogP contribution is -2.42. The maximum atomic E-state index is 3.97. The third-order valence-electron chi connectivity index (χ3n) is 7.02. The number of fused-ring (bicyclic) bond motifs is 6. The molecule has 2 bridgehead atoms. The first-order chi connectivity index (χ1) is 9.90. The zero-order chi connectivity index (χ0) is 13.1. The van der Waals surface area contributed by atoms with Crippen molar-refractivity contribution in [2.45, 2.75) is 50.5 Å². The summed E-state index contributed by atoms with van der Waals surface area (Å²) < 4.78 is 0. The van der Waals surface area contributed by atoms with Gasteiger partial charge in [0.05, 0.1) is 0 Å². The van der Waals surface area contributed by atoms with Crippen LogP contribution in [0.4, 0.5) is 0 Å². The van der Waals surface area contributed by atoms with E-state index < -0.39 is 0 Å². The van der Waals surface area contributed by atoms with E-state index in [2.05, 4.69) is 29.6 Å². The molecular weight excluding hydrogens is 242 g/mol. The fraction of sp³-hybridized carbons (Fsp3) is 0.684. The molecule has 4 aliphatic carbocycles. The predicted molar refractivity (Wildman–Crippen MR) is 81.7 cm³/mol. The predicted octanol–water partition coefficient (Wildman–Crippen LogP) is 3.74. The largest absolute Gasteiger partial charge is 0.313 e. The van der Waals surface area contributed by atoms with Gasteiger partial charge in [-0.2, -0.15) is 0 Å². The van der Waals surface area contributed by atoms with E-state index >= 15 is 0 Å². The first-order valence-electron chi connectivity index (χ1n) is 8.71. The summed E-state index contributed by atoms with van der Waals surface area (Å²) in [6.45, 7) is 1.22. The average Bonchev–Trinajstić information content (AvgIpc) is 3.11. The van der Waals surface area contributed by atoms with E-state index in [0.29, 0.717) is 0 Å². The van der Waals surface area contributed by atoms with E-state index in [-0.39, 0.29) is 0 Å². The first-order valence-corrected chi connectivity index (χ1v) is 8.71. The Kier molecular flexibility index (Phi) is 2.56. The van der Waals surface area contributed by atoms with E-state index in [1.165, 1.54) is 32.2 Å². The molecule has 20 heavy (non-hydrogen) atoms. The standard InChI is InChI=1S/C19H25N/c1-2-5-15-12(4-1)8-14(15)11-20-19-10-13-9-18(19)17-7-3-6-16(13)17/h1-2,4-5,13-14,16-20H,3,6-11H2. The molecule has 0 aromatic heterocycles. The van der Waals surface area contributed by atoms with Gasteiger partial charge in [0.2, 0.25) is 0 Å². The Hall–Kier alpha value is -0.820. The average molecular weight is 267 g/mol. The van der Waals surface area contributed by atoms with Crippen molar-refractivity contribution in [3.63, 3.8) is 0 Å². The topological polar surface area (TPSA) is 12.0 Å². The van der Waals surface area contributed by atoms with Gasteiger partial charge in [-0.1, -0.05) is 30.7 Å². The normalized spacial score (nSPS) is 44.2. The zero-order valence-corrected chi connectivity index (χ0v) is 12.2. The Morgan fingerprint density at radius 1 is 1.00 bits per heavy atom. The fourth-order valence-corrected chi connectivity index (χ4v) is 6.14. The molecule has 0 heterocycles. The van der Waals surface area contributed by atoms with Crippen LogP contribution in [0, 0.1) is 23.7 Å². The van der Waals surface area contributed by atoms with Crippen LogP contribution in [-0.2, 0) is 6.42 Å². The highest BCUT2D eigenvalue weighted by atomic mass is 14.9. The van der Waals surface area contributed by atoms with Crippen LogP contribution < -0.4 is 5.32 Å². The van der Waals surface area contributed by atoms with Crippen LogP contribution in [0.3, 0.4) is 0 Å². The molecule has 0 saturated heterocycles. The van der Waals surface area contributed by atoms with Gasteiger partial charge in [-0.05, 0) is 66.9 Å². The Balaban J connectivity index is 1.23. The molecular formula is C19H25N. The second-order valence-electron chi connectivity index (χ2n) is 7.77. The zero-order valence-electron chi connectivity index (χ0n) is 12.2. The Labute approximate surface area is 122 Å². The molecule has 6 atom stereocenters. The molecule has 0 aliphatic heterocycles. The van der Waals surface area contributed by atoms with Crippen molar-refractivity contribution in [3.05, 3.63) is 35.4 Å². The first kappa shape index (κ1) is 11.8. The van der Waals surface area contributed by atoms with Gasteiger partial charge in [-0.3, -0.25) is 0 Å². The van der Waals surface area contributed by atoms with Crippen LogP contribution in [0.15, 0.2) is 24.3 Å². The molecule has 1 aromatic rings. The van der Waals surface area contributed by atoms with Gasteiger partial charge in [0.1, 0.15) is 0 Å². The fourth-order valence-electron chi connectivity index (χ4n) is 6.14. The minimum atomic E-state index is 0.796. The molecule has 5 rings (SSSR count). The SMILES string of the molecule is c1ccc2c(c1)CC2CNC1CC2CC1C1CCCC21. The van der Waals surface area contributed by atoms with Crippen LogP contribution >= 0.6 is 0 Å². The van der Waals surface area contributed by atoms with E-state index in [4.69, 9.17) is 0 Å². The van der Waals surface area contributed by atoms with Crippen molar-refractivity contribution in [1.82, 2.24) is 5.32 Å². The van der Waals surface area contributed by atoms with Crippen LogP contribution in [0.5, 0.6) is 0 Å². The smallest absolute Gasteiger partial charge is 0.0101 e. The van der Waals surface area contributed by atoms with Crippen molar-refractivity contribution >= 4 is 0 Å². The van der Waals surface area contributed by atoms with Crippen molar-refractivity contribution in [2.75, 3.05) is 6.54 Å². The third kappa shape index (κ3) is 1.59. The summed E-state index contributed by atoms with van der Waals surface area (Å²) in [7, 11) is 0. The number of hydrogen-bond acceptors (Lipinski definition) is 1. The van der Waals surface area contributed by atoms with Crippen LogP contribution in [-0.4, -0.2) is 12.6 Å². The Morgan fingerprint density at radius 2 is 1.90 bits per heavy atom. The summed E-state index contributed by atoms with van der Waals surface area (Å²) in [4.78, 5) is 0. The van der Waals surface area contributed by atoms with Gasteiger partial charge in [0.15, 0.2) is 0 Å². The highest BCUT2D eigenvalue weighted by Gasteiger charge is 2.53. The summed E-state index contributed by atoms with van der Waals surface area (Å²) >= 11 is 0. The number of hydrogen-bond donors (Lipinski definition) is 1. The lowest BCUT2D eigenvalue weighted by molar-refractivity contribution is 0.206. The summed E-state index contributed by atoms with van der Waals surface area (Å²) in [6.07, 6.45) is 8.94. The molecule has 1 N–H and O–H groups in total. The molecule has 3 saturated carbocycles. The minimum absolute atomic E-state index is 0.796. The quantitative estimate of drug-likeness (QED) is 0.879. The molecule has 6 unspecified atom stereocenters. The summed E-state index contributed by atoms with van der Waals surface area (Å²) in [6, 6.07) is 9.86. The molecule has 0 radical (unpaired) electrons. The molecule has 4 aliphatic rings. The van der Waals surface area contributed by atoms with Gasteiger partial charge < -0.3 is 5.32 Å². The van der Waals surface area contributed by atoms with Gasteiger partial charge in [0, 0.05) is 18.5 Å². The summed E-state index contributed by atoms with van der Waals surface area (Å²) in [5, 5.41) is 3.97. The Bertz CT molecular complexity index is 522. The molecule has 1 heteroatoms. The van der Waals surface area contributed by atoms with Crippen LogP contribution in [0.1, 0.15) is 49.1 Å². The molecule has 106 valence electrons. The van der Waals surface area contributed by atoms with E-state index in [0.717, 1.165) is 35.6 Å². The molecule has 0 amide bonds. The monoisotopic (exact) mass is 267 g/mol. The molecule has 1 aromatic carbocycles. The van der Waals surface area contributed by atoms with Crippen LogP contribution in [0.2, 0.25) is 0 Å². The minimum Gasteiger partial charge on any atom is -0.313 e. The van der Waals surface area contributed by atoms with Gasteiger partial charge in [-0.15, -0.1) is 0 Å². The molecule has 0 spiro atoms. The maximum Gasteiger partial charge on any atom is 0.0101 e. The van der Waals surface area contributed by atoms with Crippen molar-refractivity contribution in [3.8, 4) is 0 Å². The Morgan fingerprint density at radius 3 is 2.85 bits per heavy atom. The summed E-state index contributed by atoms with van der Waals surface area (Å²) in [5.41, 5.74) is 3.20. The van der Waals surface area contributed by atoms with Gasteiger partial charge in [0.25, 0.3) is 0 Å². The van der Waals surface area contributed by atoms with E-state index in [1.54, 1.807) is 24.0 Å². The second kappa shape index (κ2) is 4.34. The highest BCUT2D eigenvalue weighted by molar-refractivity contribution is 5.40. The van der Waals surface area contributed by atoms with E-state index in [1.807, 2.05) is 0 Å². The highest BCUT2D eigenvalue weighted by Crippen LogP contribution is 2.58. The third-order valence-corrected chi connectivity index (χ3v) is 7.02. The van der Waals surface area contributed by atoms with Gasteiger partial charge >= 0.3 is 0 Å². The number of benzene rings is 1. The maximum absolute atomic E-state index is 3.97. The van der Waals surface area contributed by atoms with E-state index in [9.17, 15) is 0 Å². The number of nitrogens with one attached hydrogen (secondary N) is 1. The molecule has 1 nitrogen and oxygen atoms in total. The lowest BCUT2D eigenvalue weighted by atomic mass is 9.76.